The van der Waals surface area contributed by atoms with Crippen LogP contribution >= 0.6 is 0 Å². The number of oxazole rings is 1. The van der Waals surface area contributed by atoms with Gasteiger partial charge in [-0.25, -0.2) is 4.98 Å². The molecule has 0 radical (unpaired) electrons. The van der Waals surface area contributed by atoms with Gasteiger partial charge in [-0.1, -0.05) is 13.8 Å². The predicted molar refractivity (Wildman–Crippen MR) is 50.1 cm³/mol. The summed E-state index contributed by atoms with van der Waals surface area (Å²) in [5.41, 5.74) is 2.04. The second kappa shape index (κ2) is 4.27. The molecule has 0 bridgehead atoms. The van der Waals surface area contributed by atoms with E-state index >= 15 is 0 Å². The van der Waals surface area contributed by atoms with Crippen molar-refractivity contribution in [2.75, 3.05) is 0 Å². The summed E-state index contributed by atoms with van der Waals surface area (Å²) in [7, 11) is 0. The van der Waals surface area contributed by atoms with Crippen molar-refractivity contribution in [3.8, 4) is 6.07 Å². The van der Waals surface area contributed by atoms with E-state index < -0.39 is 0 Å². The summed E-state index contributed by atoms with van der Waals surface area (Å²) in [6.07, 6.45) is 1.37. The lowest BCUT2D eigenvalue weighted by atomic mass is 10.2. The Kier molecular flexibility index (Phi) is 3.04. The molecule has 0 aliphatic heterocycles. The minimum Gasteiger partial charge on any atom is -0.443 e. The van der Waals surface area contributed by atoms with Crippen molar-refractivity contribution in [3.63, 3.8) is 0 Å². The first-order valence-corrected chi connectivity index (χ1v) is 4.13. The van der Waals surface area contributed by atoms with E-state index in [1.807, 2.05) is 19.9 Å². The molecule has 0 saturated heterocycles. The fourth-order valence-electron chi connectivity index (χ4n) is 0.927. The molecule has 2 rings (SSSR count). The molecule has 0 saturated carbocycles. The largest absolute Gasteiger partial charge is 0.443 e. The molecule has 0 amide bonds. The van der Waals surface area contributed by atoms with Gasteiger partial charge in [-0.15, -0.1) is 0 Å². The molecule has 1 aromatic carbocycles. The van der Waals surface area contributed by atoms with Crippen LogP contribution in [0.2, 0.25) is 0 Å². The normalized spacial score (nSPS) is 8.69. The number of nitrogens with zero attached hydrogens (tertiary/aromatic N) is 2. The summed E-state index contributed by atoms with van der Waals surface area (Å²) in [5, 5.41) is 8.53. The zero-order valence-electron chi connectivity index (χ0n) is 7.61. The Bertz CT molecular complexity index is 426. The number of aromatic nitrogens is 1. The molecule has 1 aromatic heterocycles. The number of hydrogen-bond donors (Lipinski definition) is 0. The van der Waals surface area contributed by atoms with Crippen molar-refractivity contribution in [2.24, 2.45) is 0 Å². The standard InChI is InChI=1S/C8H4N2O.C2H6/c9-4-6-1-2-8-7(3-6)10-5-11-8;1-2/h1-3,5H;1-2H3. The highest BCUT2D eigenvalue weighted by molar-refractivity contribution is 5.73. The number of benzene rings is 1. The average molecular weight is 174 g/mol. The van der Waals surface area contributed by atoms with Gasteiger partial charge in [0.05, 0.1) is 11.6 Å². The van der Waals surface area contributed by atoms with Gasteiger partial charge in [-0.3, -0.25) is 0 Å². The van der Waals surface area contributed by atoms with Crippen LogP contribution in [-0.2, 0) is 0 Å². The van der Waals surface area contributed by atoms with E-state index in [4.69, 9.17) is 9.68 Å². The number of fused-ring (bicyclic) bond motifs is 1. The molecule has 2 aromatic rings. The SMILES string of the molecule is CC.N#Cc1ccc2ocnc2c1. The van der Waals surface area contributed by atoms with E-state index in [2.05, 4.69) is 4.98 Å². The molecule has 0 N–H and O–H groups in total. The van der Waals surface area contributed by atoms with E-state index in [0.29, 0.717) is 11.1 Å². The highest BCUT2D eigenvalue weighted by atomic mass is 16.3. The van der Waals surface area contributed by atoms with E-state index in [1.54, 1.807) is 18.2 Å². The third-order valence-corrected chi connectivity index (χ3v) is 1.46. The maximum absolute atomic E-state index is 8.53. The maximum Gasteiger partial charge on any atom is 0.181 e. The van der Waals surface area contributed by atoms with Crippen molar-refractivity contribution in [1.82, 2.24) is 4.98 Å². The second-order valence-corrected chi connectivity index (χ2v) is 2.15. The van der Waals surface area contributed by atoms with Gasteiger partial charge in [0.15, 0.2) is 12.0 Å². The molecule has 0 aliphatic rings. The Labute approximate surface area is 76.6 Å². The highest BCUT2D eigenvalue weighted by Crippen LogP contribution is 2.12. The number of nitriles is 1. The first-order valence-electron chi connectivity index (χ1n) is 4.13. The molecule has 0 unspecified atom stereocenters. The van der Waals surface area contributed by atoms with Crippen LogP contribution in [0.25, 0.3) is 11.1 Å². The Hall–Kier alpha value is -1.82. The molecular formula is C10H10N2O. The molecule has 66 valence electrons. The monoisotopic (exact) mass is 174 g/mol. The van der Waals surface area contributed by atoms with Crippen LogP contribution in [0.4, 0.5) is 0 Å². The van der Waals surface area contributed by atoms with Crippen molar-refractivity contribution < 1.29 is 4.42 Å². The zero-order chi connectivity index (χ0) is 9.68. The second-order valence-electron chi connectivity index (χ2n) is 2.15. The van der Waals surface area contributed by atoms with Gasteiger partial charge >= 0.3 is 0 Å². The maximum atomic E-state index is 8.53. The molecule has 0 spiro atoms. The molecule has 13 heavy (non-hydrogen) atoms. The van der Waals surface area contributed by atoms with Crippen LogP contribution in [0, 0.1) is 11.3 Å². The van der Waals surface area contributed by atoms with Gasteiger partial charge in [0.2, 0.25) is 0 Å². The van der Waals surface area contributed by atoms with Crippen LogP contribution in [-0.4, -0.2) is 4.98 Å². The van der Waals surface area contributed by atoms with Crippen molar-refractivity contribution in [1.29, 1.82) is 5.26 Å². The molecule has 3 heteroatoms. The van der Waals surface area contributed by atoms with Crippen LogP contribution in [0.5, 0.6) is 0 Å². The molecular weight excluding hydrogens is 164 g/mol. The third kappa shape index (κ3) is 1.85. The van der Waals surface area contributed by atoms with Gasteiger partial charge in [-0.2, -0.15) is 5.26 Å². The lowest BCUT2D eigenvalue weighted by Gasteiger charge is -1.85. The first-order chi connectivity index (χ1) is 6.40. The average Bonchev–Trinajstić information content (AvgIpc) is 2.67. The topological polar surface area (TPSA) is 49.8 Å². The van der Waals surface area contributed by atoms with Gasteiger partial charge in [0.1, 0.15) is 5.52 Å². The molecule has 1 heterocycles. The fraction of sp³-hybridized carbons (Fsp3) is 0.200. The van der Waals surface area contributed by atoms with E-state index in [-0.39, 0.29) is 0 Å². The Morgan fingerprint density at radius 2 is 2.15 bits per heavy atom. The lowest BCUT2D eigenvalue weighted by molar-refractivity contribution is 0.602. The molecule has 0 atom stereocenters. The van der Waals surface area contributed by atoms with Gasteiger partial charge < -0.3 is 4.42 Å². The predicted octanol–water partition coefficient (Wildman–Crippen LogP) is 2.73. The van der Waals surface area contributed by atoms with Crippen LogP contribution in [0.1, 0.15) is 19.4 Å². The summed E-state index contributed by atoms with van der Waals surface area (Å²) in [4.78, 5) is 3.91. The van der Waals surface area contributed by atoms with Crippen LogP contribution in [0.15, 0.2) is 29.0 Å². The van der Waals surface area contributed by atoms with Gasteiger partial charge in [-0.05, 0) is 18.2 Å². The quantitative estimate of drug-likeness (QED) is 0.617. The van der Waals surface area contributed by atoms with Gasteiger partial charge in [0, 0.05) is 0 Å². The van der Waals surface area contributed by atoms with Crippen LogP contribution < -0.4 is 0 Å². The Morgan fingerprint density at radius 3 is 2.85 bits per heavy atom. The minimum absolute atomic E-state index is 0.603. The van der Waals surface area contributed by atoms with Gasteiger partial charge in [0.25, 0.3) is 0 Å². The summed E-state index contributed by atoms with van der Waals surface area (Å²) in [6.45, 7) is 4.00. The van der Waals surface area contributed by atoms with E-state index in [0.717, 1.165) is 5.52 Å². The van der Waals surface area contributed by atoms with Crippen molar-refractivity contribution in [3.05, 3.63) is 30.2 Å². The highest BCUT2D eigenvalue weighted by Gasteiger charge is 1.97. The number of hydrogen-bond acceptors (Lipinski definition) is 3. The summed E-state index contributed by atoms with van der Waals surface area (Å²) >= 11 is 0. The molecule has 3 nitrogen and oxygen atoms in total. The third-order valence-electron chi connectivity index (χ3n) is 1.46. The summed E-state index contributed by atoms with van der Waals surface area (Å²) < 4.78 is 5.00. The zero-order valence-corrected chi connectivity index (χ0v) is 7.61. The number of rotatable bonds is 0. The molecule has 0 aliphatic carbocycles. The Morgan fingerprint density at radius 1 is 1.38 bits per heavy atom. The van der Waals surface area contributed by atoms with Crippen LogP contribution in [0.3, 0.4) is 0 Å². The first kappa shape index (κ1) is 9.27. The minimum atomic E-state index is 0.603. The lowest BCUT2D eigenvalue weighted by Crippen LogP contribution is -1.72. The summed E-state index contributed by atoms with van der Waals surface area (Å²) in [6, 6.07) is 7.16. The van der Waals surface area contributed by atoms with Crippen molar-refractivity contribution in [2.45, 2.75) is 13.8 Å². The van der Waals surface area contributed by atoms with E-state index in [1.165, 1.54) is 6.39 Å². The Balaban J connectivity index is 0.000000396. The summed E-state index contributed by atoms with van der Waals surface area (Å²) in [5.74, 6) is 0. The van der Waals surface area contributed by atoms with E-state index in [9.17, 15) is 0 Å². The fourth-order valence-corrected chi connectivity index (χ4v) is 0.927. The van der Waals surface area contributed by atoms with Crippen molar-refractivity contribution >= 4 is 11.1 Å². The smallest absolute Gasteiger partial charge is 0.181 e. The molecule has 0 fully saturated rings.